The smallest absolute Gasteiger partial charge is 0.310 e. The third-order valence-electron chi connectivity index (χ3n) is 2.46. The molecule has 1 heterocycles. The first-order chi connectivity index (χ1) is 8.79. The van der Waals surface area contributed by atoms with Gasteiger partial charge < -0.3 is 4.74 Å². The average Bonchev–Trinajstić information content (AvgIpc) is 2.89. The minimum absolute atomic E-state index is 0.146. The second-order valence-corrected chi connectivity index (χ2v) is 4.52. The van der Waals surface area contributed by atoms with E-state index in [4.69, 9.17) is 10.00 Å². The number of nitrogens with zero attached hydrogens (tertiary/aromatic N) is 1. The van der Waals surface area contributed by atoms with Crippen LogP contribution in [0.1, 0.15) is 16.7 Å². The molecule has 0 bridgehead atoms. The molecule has 0 fully saturated rings. The number of nitriles is 1. The van der Waals surface area contributed by atoms with Crippen LogP contribution in [0.2, 0.25) is 0 Å². The van der Waals surface area contributed by atoms with Gasteiger partial charge in [-0.05, 0) is 28.5 Å². The summed E-state index contributed by atoms with van der Waals surface area (Å²) in [6, 6.07) is 11.1. The summed E-state index contributed by atoms with van der Waals surface area (Å²) in [6.45, 7) is 0.146. The molecular weight excluding hydrogens is 246 g/mol. The monoisotopic (exact) mass is 257 g/mol. The van der Waals surface area contributed by atoms with Crippen molar-refractivity contribution < 1.29 is 9.53 Å². The summed E-state index contributed by atoms with van der Waals surface area (Å²) in [5.74, 6) is -0.277. The zero-order valence-corrected chi connectivity index (χ0v) is 10.4. The summed E-state index contributed by atoms with van der Waals surface area (Å²) in [4.78, 5) is 11.6. The molecule has 0 spiro atoms. The predicted molar refractivity (Wildman–Crippen MR) is 69.0 cm³/mol. The van der Waals surface area contributed by atoms with Gasteiger partial charge in [0.15, 0.2) is 0 Å². The number of thiophene rings is 1. The van der Waals surface area contributed by atoms with E-state index in [1.165, 1.54) is 0 Å². The second-order valence-electron chi connectivity index (χ2n) is 3.74. The Morgan fingerprint density at radius 3 is 2.89 bits per heavy atom. The lowest BCUT2D eigenvalue weighted by atomic mass is 10.1. The molecule has 1 aromatic carbocycles. The van der Waals surface area contributed by atoms with Crippen LogP contribution in [0.3, 0.4) is 0 Å². The van der Waals surface area contributed by atoms with E-state index in [1.807, 2.05) is 22.9 Å². The fourth-order valence-corrected chi connectivity index (χ4v) is 2.19. The summed E-state index contributed by atoms with van der Waals surface area (Å²) in [7, 11) is 0. The van der Waals surface area contributed by atoms with Crippen molar-refractivity contribution in [1.82, 2.24) is 0 Å². The molecule has 0 aliphatic rings. The standard InChI is InChI=1S/C14H11NO2S/c15-8-12-3-1-2-4-13(12)9-17-14(16)7-11-5-6-18-10-11/h1-6,10H,7,9H2. The first-order valence-corrected chi connectivity index (χ1v) is 6.38. The summed E-state index contributed by atoms with van der Waals surface area (Å²) in [5, 5.41) is 12.7. The van der Waals surface area contributed by atoms with Crippen LogP contribution in [-0.2, 0) is 22.6 Å². The van der Waals surface area contributed by atoms with Crippen molar-refractivity contribution >= 4 is 17.3 Å². The Labute approximate surface area is 109 Å². The molecule has 3 nitrogen and oxygen atoms in total. The highest BCUT2D eigenvalue weighted by atomic mass is 32.1. The Morgan fingerprint density at radius 1 is 1.33 bits per heavy atom. The van der Waals surface area contributed by atoms with Crippen LogP contribution >= 0.6 is 11.3 Å². The second kappa shape index (κ2) is 5.99. The molecule has 4 heteroatoms. The van der Waals surface area contributed by atoms with Gasteiger partial charge in [-0.25, -0.2) is 0 Å². The zero-order chi connectivity index (χ0) is 12.8. The molecule has 0 aliphatic heterocycles. The highest BCUT2D eigenvalue weighted by Gasteiger charge is 2.07. The molecule has 0 aliphatic carbocycles. The van der Waals surface area contributed by atoms with E-state index in [1.54, 1.807) is 29.5 Å². The number of rotatable bonds is 4. The minimum Gasteiger partial charge on any atom is -0.461 e. The Bertz CT molecular complexity index is 570. The summed E-state index contributed by atoms with van der Waals surface area (Å²) in [6.07, 6.45) is 0.276. The molecule has 0 amide bonds. The summed E-state index contributed by atoms with van der Waals surface area (Å²) in [5.41, 5.74) is 2.23. The van der Waals surface area contributed by atoms with E-state index in [9.17, 15) is 4.79 Å². The first-order valence-electron chi connectivity index (χ1n) is 5.44. The lowest BCUT2D eigenvalue weighted by Gasteiger charge is -2.05. The van der Waals surface area contributed by atoms with Gasteiger partial charge in [0.25, 0.3) is 0 Å². The molecule has 2 aromatic rings. The average molecular weight is 257 g/mol. The lowest BCUT2D eigenvalue weighted by molar-refractivity contribution is -0.144. The summed E-state index contributed by atoms with van der Waals surface area (Å²) >= 11 is 1.55. The van der Waals surface area contributed by atoms with E-state index < -0.39 is 0 Å². The molecule has 0 atom stereocenters. The lowest BCUT2D eigenvalue weighted by Crippen LogP contribution is -2.08. The maximum atomic E-state index is 11.6. The van der Waals surface area contributed by atoms with Crippen LogP contribution in [-0.4, -0.2) is 5.97 Å². The van der Waals surface area contributed by atoms with Gasteiger partial charge in [0.05, 0.1) is 18.1 Å². The van der Waals surface area contributed by atoms with Gasteiger partial charge in [-0.3, -0.25) is 4.79 Å². The van der Waals surface area contributed by atoms with Gasteiger partial charge in [-0.15, -0.1) is 0 Å². The zero-order valence-electron chi connectivity index (χ0n) is 9.63. The van der Waals surface area contributed by atoms with Gasteiger partial charge in [-0.2, -0.15) is 16.6 Å². The van der Waals surface area contributed by atoms with Gasteiger partial charge >= 0.3 is 5.97 Å². The van der Waals surface area contributed by atoms with Crippen LogP contribution in [0.25, 0.3) is 0 Å². The number of hydrogen-bond donors (Lipinski definition) is 0. The fraction of sp³-hybridized carbons (Fsp3) is 0.143. The van der Waals surface area contributed by atoms with Crippen molar-refractivity contribution in [3.63, 3.8) is 0 Å². The van der Waals surface area contributed by atoms with Crippen LogP contribution in [0.15, 0.2) is 41.1 Å². The first kappa shape index (κ1) is 12.3. The van der Waals surface area contributed by atoms with E-state index in [2.05, 4.69) is 6.07 Å². The van der Waals surface area contributed by atoms with Crippen molar-refractivity contribution in [2.75, 3.05) is 0 Å². The Hall–Kier alpha value is -2.12. The van der Waals surface area contributed by atoms with Gasteiger partial charge in [0, 0.05) is 5.56 Å². The minimum atomic E-state index is -0.277. The number of carbonyl (C=O) groups excluding carboxylic acids is 1. The van der Waals surface area contributed by atoms with E-state index in [0.717, 1.165) is 11.1 Å². The number of esters is 1. The largest absolute Gasteiger partial charge is 0.461 e. The summed E-state index contributed by atoms with van der Waals surface area (Å²) < 4.78 is 5.16. The van der Waals surface area contributed by atoms with Crippen molar-refractivity contribution in [3.8, 4) is 6.07 Å². The molecule has 0 saturated carbocycles. The van der Waals surface area contributed by atoms with Crippen LogP contribution in [0, 0.1) is 11.3 Å². The van der Waals surface area contributed by atoms with Gasteiger partial charge in [0.2, 0.25) is 0 Å². The molecule has 2 rings (SSSR count). The fourth-order valence-electron chi connectivity index (χ4n) is 1.52. The molecule has 0 radical (unpaired) electrons. The topological polar surface area (TPSA) is 50.1 Å². The van der Waals surface area contributed by atoms with Crippen molar-refractivity contribution in [1.29, 1.82) is 5.26 Å². The third-order valence-corrected chi connectivity index (χ3v) is 3.19. The maximum Gasteiger partial charge on any atom is 0.310 e. The van der Waals surface area contributed by atoms with Gasteiger partial charge in [0.1, 0.15) is 6.61 Å². The molecule has 90 valence electrons. The Balaban J connectivity index is 1.92. The SMILES string of the molecule is N#Cc1ccccc1COC(=O)Cc1ccsc1. The normalized spacial score (nSPS) is 9.72. The molecule has 0 N–H and O–H groups in total. The molecule has 0 unspecified atom stereocenters. The molecular formula is C14H11NO2S. The van der Waals surface area contributed by atoms with Crippen molar-refractivity contribution in [2.45, 2.75) is 13.0 Å². The molecule has 18 heavy (non-hydrogen) atoms. The van der Waals surface area contributed by atoms with E-state index >= 15 is 0 Å². The van der Waals surface area contributed by atoms with Crippen LogP contribution in [0.4, 0.5) is 0 Å². The highest BCUT2D eigenvalue weighted by Crippen LogP contribution is 2.11. The molecule has 1 aromatic heterocycles. The number of benzene rings is 1. The highest BCUT2D eigenvalue weighted by molar-refractivity contribution is 7.07. The third kappa shape index (κ3) is 3.19. The van der Waals surface area contributed by atoms with E-state index in [0.29, 0.717) is 5.56 Å². The van der Waals surface area contributed by atoms with E-state index in [-0.39, 0.29) is 19.0 Å². The Morgan fingerprint density at radius 2 is 2.17 bits per heavy atom. The predicted octanol–water partition coefficient (Wildman–Crippen LogP) is 2.91. The van der Waals surface area contributed by atoms with Crippen LogP contribution in [0.5, 0.6) is 0 Å². The number of carbonyl (C=O) groups is 1. The van der Waals surface area contributed by atoms with Gasteiger partial charge in [-0.1, -0.05) is 18.2 Å². The van der Waals surface area contributed by atoms with Crippen molar-refractivity contribution in [2.24, 2.45) is 0 Å². The van der Waals surface area contributed by atoms with Crippen molar-refractivity contribution in [3.05, 3.63) is 57.8 Å². The number of hydrogen-bond acceptors (Lipinski definition) is 4. The van der Waals surface area contributed by atoms with Crippen LogP contribution < -0.4 is 0 Å². The number of ether oxygens (including phenoxy) is 1. The molecule has 0 saturated heterocycles. The quantitative estimate of drug-likeness (QED) is 0.791. The maximum absolute atomic E-state index is 11.6. The Kier molecular flexibility index (Phi) is 4.11.